The predicted octanol–water partition coefficient (Wildman–Crippen LogP) is 5.53. The van der Waals surface area contributed by atoms with Crippen LogP contribution in [0.3, 0.4) is 0 Å². The molecular formula is C27H32N4O6S2. The van der Waals surface area contributed by atoms with E-state index in [4.69, 9.17) is 9.54 Å². The standard InChI is InChI=1S/C26H28N4O3S.CH4O3S/c1-3-4-7-16-34(32,33)30-20-12-10-19(11-13-20)28-26-22-8-5-6-9-24(22)29-25-17-21(27-18(2)31)14-15-23(25)26;1-5(2,3)4/h5-6,8-15,17,30H,3-4,7,16H2,1-2H3,(H,27,31)(H,28,29);1H3,(H,2,3,4). The van der Waals surface area contributed by atoms with Gasteiger partial charge in [-0.25, -0.2) is 13.4 Å². The summed E-state index contributed by atoms with van der Waals surface area (Å²) in [7, 11) is -7.02. The summed E-state index contributed by atoms with van der Waals surface area (Å²) in [5.41, 5.74) is 4.51. The minimum Gasteiger partial charge on any atom is -0.354 e. The summed E-state index contributed by atoms with van der Waals surface area (Å²) in [6.45, 7) is 3.52. The molecule has 1 aromatic heterocycles. The first kappa shape index (κ1) is 29.8. The fraction of sp³-hybridized carbons (Fsp3) is 0.259. The number of fused-ring (bicyclic) bond motifs is 2. The van der Waals surface area contributed by atoms with E-state index in [1.165, 1.54) is 6.92 Å². The van der Waals surface area contributed by atoms with Crippen molar-refractivity contribution in [3.63, 3.8) is 0 Å². The molecule has 1 heterocycles. The van der Waals surface area contributed by atoms with Crippen LogP contribution in [0.15, 0.2) is 66.7 Å². The Morgan fingerprint density at radius 2 is 1.44 bits per heavy atom. The van der Waals surface area contributed by atoms with Gasteiger partial charge in [-0.1, -0.05) is 38.0 Å². The topological polar surface area (TPSA) is 155 Å². The second-order valence-corrected chi connectivity index (χ2v) is 12.3. The predicted molar refractivity (Wildman–Crippen MR) is 158 cm³/mol. The van der Waals surface area contributed by atoms with Crippen LogP contribution in [0, 0.1) is 0 Å². The molecule has 0 radical (unpaired) electrons. The van der Waals surface area contributed by atoms with Gasteiger partial charge in [-0.3, -0.25) is 14.1 Å². The van der Waals surface area contributed by atoms with E-state index in [1.807, 2.05) is 61.5 Å². The fourth-order valence-corrected chi connectivity index (χ4v) is 5.03. The van der Waals surface area contributed by atoms with Crippen molar-refractivity contribution < 1.29 is 26.2 Å². The maximum absolute atomic E-state index is 12.3. The molecule has 0 unspecified atom stereocenters. The average molecular weight is 573 g/mol. The molecule has 0 aliphatic heterocycles. The lowest BCUT2D eigenvalue weighted by molar-refractivity contribution is -0.114. The molecule has 4 aromatic rings. The second-order valence-electron chi connectivity index (χ2n) is 8.98. The first-order valence-electron chi connectivity index (χ1n) is 12.2. The summed E-state index contributed by atoms with van der Waals surface area (Å²) in [6.07, 6.45) is 3.23. The van der Waals surface area contributed by atoms with Gasteiger partial charge in [-0.2, -0.15) is 8.42 Å². The molecule has 0 saturated heterocycles. The third kappa shape index (κ3) is 9.50. The number of benzene rings is 3. The number of sulfonamides is 1. The molecule has 3 aromatic carbocycles. The summed E-state index contributed by atoms with van der Waals surface area (Å²) in [5.74, 6) is -0.0180. The maximum atomic E-state index is 12.3. The molecule has 0 spiro atoms. The molecular weight excluding hydrogens is 540 g/mol. The molecule has 0 aliphatic carbocycles. The minimum absolute atomic E-state index is 0.121. The molecule has 0 aliphatic rings. The van der Waals surface area contributed by atoms with Crippen molar-refractivity contribution in [2.75, 3.05) is 27.4 Å². The molecule has 0 bridgehead atoms. The van der Waals surface area contributed by atoms with Gasteiger partial charge in [0.25, 0.3) is 10.1 Å². The van der Waals surface area contributed by atoms with Crippen LogP contribution in [-0.4, -0.2) is 44.3 Å². The van der Waals surface area contributed by atoms with E-state index in [1.54, 1.807) is 12.1 Å². The Morgan fingerprint density at radius 3 is 2.08 bits per heavy atom. The lowest BCUT2D eigenvalue weighted by atomic mass is 10.1. The summed E-state index contributed by atoms with van der Waals surface area (Å²) in [4.78, 5) is 16.2. The van der Waals surface area contributed by atoms with Gasteiger partial charge in [0.15, 0.2) is 0 Å². The van der Waals surface area contributed by atoms with Gasteiger partial charge < -0.3 is 10.6 Å². The van der Waals surface area contributed by atoms with Gasteiger partial charge in [-0.15, -0.1) is 0 Å². The van der Waals surface area contributed by atoms with Crippen molar-refractivity contribution >= 4 is 70.6 Å². The van der Waals surface area contributed by atoms with Crippen LogP contribution in [0.25, 0.3) is 21.8 Å². The highest BCUT2D eigenvalue weighted by molar-refractivity contribution is 7.92. The van der Waals surface area contributed by atoms with Gasteiger partial charge in [0.1, 0.15) is 0 Å². The molecule has 10 nitrogen and oxygen atoms in total. The highest BCUT2D eigenvalue weighted by Gasteiger charge is 2.12. The number of amides is 1. The minimum atomic E-state index is -3.67. The number of nitrogens with one attached hydrogen (secondary N) is 3. The summed E-state index contributed by atoms with van der Waals surface area (Å²) >= 11 is 0. The molecule has 0 saturated carbocycles. The van der Waals surface area contributed by atoms with Crippen molar-refractivity contribution in [1.29, 1.82) is 0 Å². The number of rotatable bonds is 9. The van der Waals surface area contributed by atoms with E-state index >= 15 is 0 Å². The van der Waals surface area contributed by atoms with Crippen molar-refractivity contribution in [2.45, 2.75) is 33.1 Å². The van der Waals surface area contributed by atoms with Gasteiger partial charge >= 0.3 is 0 Å². The van der Waals surface area contributed by atoms with E-state index in [0.29, 0.717) is 24.1 Å². The summed E-state index contributed by atoms with van der Waals surface area (Å²) < 4.78 is 53.1. The first-order chi connectivity index (χ1) is 18.3. The van der Waals surface area contributed by atoms with E-state index in [0.717, 1.165) is 46.0 Å². The molecule has 4 N–H and O–H groups in total. The number of hydrogen-bond acceptors (Lipinski definition) is 7. The fourth-order valence-electron chi connectivity index (χ4n) is 3.85. The van der Waals surface area contributed by atoms with Crippen molar-refractivity contribution in [3.05, 3.63) is 66.7 Å². The maximum Gasteiger partial charge on any atom is 0.261 e. The van der Waals surface area contributed by atoms with E-state index in [-0.39, 0.29) is 11.7 Å². The molecule has 0 atom stereocenters. The molecule has 208 valence electrons. The molecule has 1 amide bonds. The van der Waals surface area contributed by atoms with Crippen LogP contribution in [-0.2, 0) is 24.9 Å². The zero-order chi connectivity index (χ0) is 28.6. The van der Waals surface area contributed by atoms with Crippen LogP contribution in [0.4, 0.5) is 22.7 Å². The second kappa shape index (κ2) is 12.9. The quantitative estimate of drug-likeness (QED) is 0.116. The Morgan fingerprint density at radius 1 is 0.846 bits per heavy atom. The monoisotopic (exact) mass is 572 g/mol. The number of carbonyl (C=O) groups is 1. The number of anilines is 4. The Bertz CT molecular complexity index is 1660. The smallest absolute Gasteiger partial charge is 0.261 e. The molecule has 39 heavy (non-hydrogen) atoms. The van der Waals surface area contributed by atoms with Crippen LogP contribution < -0.4 is 15.4 Å². The summed E-state index contributed by atoms with van der Waals surface area (Å²) in [6, 6.07) is 20.7. The zero-order valence-corrected chi connectivity index (χ0v) is 23.6. The Balaban J connectivity index is 0.000000771. The highest BCUT2D eigenvalue weighted by Crippen LogP contribution is 2.34. The molecule has 4 rings (SSSR count). The van der Waals surface area contributed by atoms with Gasteiger partial charge in [-0.05, 0) is 55.0 Å². The van der Waals surface area contributed by atoms with Crippen LogP contribution in [0.1, 0.15) is 33.1 Å². The normalized spacial score (nSPS) is 11.5. The number of hydrogen-bond donors (Lipinski definition) is 4. The number of para-hydroxylation sites is 1. The lowest BCUT2D eigenvalue weighted by Crippen LogP contribution is -2.16. The molecule has 12 heteroatoms. The zero-order valence-electron chi connectivity index (χ0n) is 21.9. The average Bonchev–Trinajstić information content (AvgIpc) is 2.83. The Labute approximate surface area is 228 Å². The summed E-state index contributed by atoms with van der Waals surface area (Å²) in [5, 5.41) is 8.15. The number of nitrogens with zero attached hydrogens (tertiary/aromatic N) is 1. The number of aromatic nitrogens is 1. The van der Waals surface area contributed by atoms with Gasteiger partial charge in [0.05, 0.1) is 28.7 Å². The SMILES string of the molecule is CCCCCS(=O)(=O)Nc1ccc(Nc2c3ccccc3nc3cc(NC(C)=O)ccc23)cc1.CS(=O)(=O)O. The van der Waals surface area contributed by atoms with E-state index in [2.05, 4.69) is 15.4 Å². The number of carbonyl (C=O) groups excluding carboxylic acids is 1. The highest BCUT2D eigenvalue weighted by atomic mass is 32.2. The third-order valence-corrected chi connectivity index (χ3v) is 6.82. The van der Waals surface area contributed by atoms with E-state index < -0.39 is 20.1 Å². The van der Waals surface area contributed by atoms with Gasteiger partial charge in [0, 0.05) is 34.8 Å². The largest absolute Gasteiger partial charge is 0.354 e. The van der Waals surface area contributed by atoms with Gasteiger partial charge in [0.2, 0.25) is 15.9 Å². The Hall–Kier alpha value is -3.74. The van der Waals surface area contributed by atoms with Crippen LogP contribution in [0.2, 0.25) is 0 Å². The molecule has 0 fully saturated rings. The Kier molecular flexibility index (Phi) is 9.84. The van der Waals surface area contributed by atoms with Crippen LogP contribution in [0.5, 0.6) is 0 Å². The number of unbranched alkanes of at least 4 members (excludes halogenated alkanes) is 2. The van der Waals surface area contributed by atoms with Crippen LogP contribution >= 0.6 is 0 Å². The first-order valence-corrected chi connectivity index (χ1v) is 15.7. The van der Waals surface area contributed by atoms with Crippen molar-refractivity contribution in [3.8, 4) is 0 Å². The van der Waals surface area contributed by atoms with Crippen molar-refractivity contribution in [1.82, 2.24) is 4.98 Å². The van der Waals surface area contributed by atoms with E-state index in [9.17, 15) is 21.6 Å². The lowest BCUT2D eigenvalue weighted by Gasteiger charge is -2.15. The van der Waals surface area contributed by atoms with Crippen molar-refractivity contribution in [2.24, 2.45) is 0 Å². The third-order valence-electron chi connectivity index (χ3n) is 5.45. The number of pyridine rings is 1.